The molecule has 0 aromatic heterocycles. The molecule has 4 saturated carbocycles. The van der Waals surface area contributed by atoms with Gasteiger partial charge in [-0.15, -0.1) is 0 Å². The van der Waals surface area contributed by atoms with E-state index in [4.69, 9.17) is 0 Å². The minimum atomic E-state index is -0.640. The molecule has 6 heteroatoms. The van der Waals surface area contributed by atoms with Gasteiger partial charge >= 0.3 is 5.97 Å². The van der Waals surface area contributed by atoms with Gasteiger partial charge < -0.3 is 15.3 Å². The molecule has 4 unspecified atom stereocenters. The molecule has 8 atom stereocenters. The Morgan fingerprint density at radius 2 is 1.59 bits per heavy atom. The number of Topliss-reactive ketones (excluding diaryl/α,β-unsaturated/α-hetero) is 1. The normalized spacial score (nSPS) is 42.3. The van der Waals surface area contributed by atoms with Crippen molar-refractivity contribution in [2.75, 3.05) is 26.2 Å². The maximum absolute atomic E-state index is 14.0. The highest BCUT2D eigenvalue weighted by molar-refractivity contribution is 6.04. The van der Waals surface area contributed by atoms with Crippen LogP contribution < -0.4 is 5.32 Å². The van der Waals surface area contributed by atoms with Gasteiger partial charge in [0, 0.05) is 12.0 Å². The van der Waals surface area contributed by atoms with Gasteiger partial charge in [-0.2, -0.15) is 0 Å². The van der Waals surface area contributed by atoms with Crippen molar-refractivity contribution < 1.29 is 19.5 Å². The van der Waals surface area contributed by atoms with E-state index in [-0.39, 0.29) is 45.2 Å². The van der Waals surface area contributed by atoms with E-state index in [2.05, 4.69) is 78.6 Å². The summed E-state index contributed by atoms with van der Waals surface area (Å²) in [4.78, 5) is 43.1. The summed E-state index contributed by atoms with van der Waals surface area (Å²) in [7, 11) is 0. The number of nitrogens with one attached hydrogen (secondary N) is 1. The Balaban J connectivity index is 1.46. The van der Waals surface area contributed by atoms with Crippen LogP contribution in [0.1, 0.15) is 127 Å². The molecule has 5 rings (SSSR count). The summed E-state index contributed by atoms with van der Waals surface area (Å²) in [5, 5.41) is 13.8. The van der Waals surface area contributed by atoms with Gasteiger partial charge in [-0.1, -0.05) is 74.0 Å². The minimum absolute atomic E-state index is 0.00412. The van der Waals surface area contributed by atoms with Gasteiger partial charge in [0.25, 0.3) is 0 Å². The van der Waals surface area contributed by atoms with Crippen molar-refractivity contribution in [3.63, 3.8) is 0 Å². The molecule has 4 fully saturated rings. The number of fused-ring (bicyclic) bond motifs is 7. The Hall–Kier alpha value is -1.69. The molecule has 0 aromatic rings. The maximum atomic E-state index is 14.0. The summed E-state index contributed by atoms with van der Waals surface area (Å²) in [5.41, 5.74) is 0.147. The van der Waals surface area contributed by atoms with Crippen molar-refractivity contribution in [1.82, 2.24) is 10.2 Å². The van der Waals surface area contributed by atoms with Crippen LogP contribution in [0, 0.1) is 56.2 Å². The zero-order valence-corrected chi connectivity index (χ0v) is 29.4. The lowest BCUT2D eigenvalue weighted by molar-refractivity contribution is -0.195. The SMILES string of the molecule is CCN(CC)CCCNC(=O)C1C[C@@]2(C)C(CC[C@]3(C)C2CC=C2C4CC(C)(C)CC[C@]4(C(=O)O)CC[C@]23C)C(C)(C)C1=O. The summed E-state index contributed by atoms with van der Waals surface area (Å²) in [5.74, 6) is -0.488. The fourth-order valence-corrected chi connectivity index (χ4v) is 12.0. The summed E-state index contributed by atoms with van der Waals surface area (Å²) >= 11 is 0. The van der Waals surface area contributed by atoms with E-state index < -0.39 is 22.7 Å². The first-order valence-electron chi connectivity index (χ1n) is 17.9. The molecular weight excluding hydrogens is 548 g/mol. The second-order valence-electron chi connectivity index (χ2n) is 17.7. The van der Waals surface area contributed by atoms with Crippen LogP contribution in [0.25, 0.3) is 0 Å². The van der Waals surface area contributed by atoms with E-state index in [1.54, 1.807) is 0 Å². The Kier molecular flexibility index (Phi) is 8.59. The number of hydrogen-bond acceptors (Lipinski definition) is 4. The van der Waals surface area contributed by atoms with E-state index >= 15 is 0 Å². The van der Waals surface area contributed by atoms with Crippen molar-refractivity contribution in [3.8, 4) is 0 Å². The van der Waals surface area contributed by atoms with Crippen LogP contribution in [0.2, 0.25) is 0 Å². The van der Waals surface area contributed by atoms with Crippen molar-refractivity contribution in [1.29, 1.82) is 0 Å². The number of carboxylic acid groups (broad SMARTS) is 1. The zero-order valence-electron chi connectivity index (χ0n) is 29.4. The number of carbonyl (C=O) groups excluding carboxylic acids is 2. The topological polar surface area (TPSA) is 86.7 Å². The van der Waals surface area contributed by atoms with Gasteiger partial charge in [-0.25, -0.2) is 0 Å². The standard InChI is InChI=1S/C38H62N2O4/c1-10-40(11-2)22-12-21-39-31(42)25-23-35(7)28(34(5,6)30(25)41)15-16-37(9)29(35)14-13-26-27-24-33(3,4)17-19-38(27,32(43)44)20-18-36(26,37)8/h13,25,27-29H,10-12,14-24H2,1-9H3,(H,39,42)(H,43,44)/t25?,27?,28?,29?,35-,36+,37+,38-/m0/s1. The van der Waals surface area contributed by atoms with Crippen LogP contribution in [0.4, 0.5) is 0 Å². The lowest BCUT2D eigenvalue weighted by atomic mass is 9.33. The van der Waals surface area contributed by atoms with Crippen molar-refractivity contribution >= 4 is 17.7 Å². The molecule has 5 aliphatic carbocycles. The highest BCUT2D eigenvalue weighted by atomic mass is 16.4. The van der Waals surface area contributed by atoms with Crippen molar-refractivity contribution in [3.05, 3.63) is 11.6 Å². The van der Waals surface area contributed by atoms with E-state index in [0.717, 1.165) is 77.4 Å². The fourth-order valence-electron chi connectivity index (χ4n) is 12.0. The van der Waals surface area contributed by atoms with E-state index in [1.807, 2.05) is 0 Å². The first kappa shape index (κ1) is 33.7. The van der Waals surface area contributed by atoms with Crippen LogP contribution in [-0.4, -0.2) is 53.8 Å². The molecule has 5 aliphatic rings. The average Bonchev–Trinajstić information content (AvgIpc) is 2.95. The molecule has 0 bridgehead atoms. The van der Waals surface area contributed by atoms with Gasteiger partial charge in [-0.3, -0.25) is 14.4 Å². The molecule has 6 nitrogen and oxygen atoms in total. The molecule has 0 saturated heterocycles. The van der Waals surface area contributed by atoms with Crippen molar-refractivity contribution in [2.45, 2.75) is 127 Å². The number of rotatable bonds is 8. The quantitative estimate of drug-likeness (QED) is 0.169. The number of carboxylic acids is 1. The predicted octanol–water partition coefficient (Wildman–Crippen LogP) is 7.52. The predicted molar refractivity (Wildman–Crippen MR) is 176 cm³/mol. The Bertz CT molecular complexity index is 1200. The van der Waals surface area contributed by atoms with Crippen LogP contribution >= 0.6 is 0 Å². The van der Waals surface area contributed by atoms with E-state index in [9.17, 15) is 19.5 Å². The summed E-state index contributed by atoms with van der Waals surface area (Å²) < 4.78 is 0. The lowest BCUT2D eigenvalue weighted by Gasteiger charge is -2.70. The third kappa shape index (κ3) is 4.85. The summed E-state index contributed by atoms with van der Waals surface area (Å²) in [6.45, 7) is 24.1. The van der Waals surface area contributed by atoms with E-state index in [1.165, 1.54) is 5.57 Å². The number of hydrogen-bond donors (Lipinski definition) is 2. The third-order valence-electron chi connectivity index (χ3n) is 15.0. The Morgan fingerprint density at radius 1 is 0.932 bits per heavy atom. The lowest BCUT2D eigenvalue weighted by Crippen LogP contribution is -2.66. The van der Waals surface area contributed by atoms with E-state index in [0.29, 0.717) is 18.9 Å². The number of carbonyl (C=O) groups is 3. The molecule has 248 valence electrons. The highest BCUT2D eigenvalue weighted by Gasteiger charge is 2.70. The number of amides is 1. The molecule has 0 aromatic carbocycles. The minimum Gasteiger partial charge on any atom is -0.481 e. The zero-order chi connectivity index (χ0) is 32.5. The first-order valence-corrected chi connectivity index (χ1v) is 17.9. The van der Waals surface area contributed by atoms with Gasteiger partial charge in [-0.05, 0) is 123 Å². The highest BCUT2D eigenvalue weighted by Crippen LogP contribution is 2.75. The number of nitrogens with zero attached hydrogens (tertiary/aromatic N) is 1. The Labute approximate surface area is 267 Å². The molecule has 2 N–H and O–H groups in total. The maximum Gasteiger partial charge on any atom is 0.310 e. The average molecular weight is 611 g/mol. The third-order valence-corrected chi connectivity index (χ3v) is 15.0. The number of ketones is 1. The monoisotopic (exact) mass is 610 g/mol. The molecule has 0 radical (unpaired) electrons. The van der Waals surface area contributed by atoms with Crippen LogP contribution in [0.3, 0.4) is 0 Å². The number of aliphatic carboxylic acids is 1. The van der Waals surface area contributed by atoms with Crippen LogP contribution in [0.5, 0.6) is 0 Å². The molecule has 1 amide bonds. The van der Waals surface area contributed by atoms with Crippen LogP contribution in [-0.2, 0) is 14.4 Å². The van der Waals surface area contributed by atoms with Gasteiger partial charge in [0.05, 0.1) is 11.3 Å². The molecule has 0 aliphatic heterocycles. The fraction of sp³-hybridized carbons (Fsp3) is 0.868. The van der Waals surface area contributed by atoms with Gasteiger partial charge in [0.1, 0.15) is 0 Å². The van der Waals surface area contributed by atoms with Gasteiger partial charge in [0.2, 0.25) is 5.91 Å². The second kappa shape index (κ2) is 11.2. The smallest absolute Gasteiger partial charge is 0.310 e. The molecular formula is C38H62N2O4. The first-order chi connectivity index (χ1) is 20.4. The largest absolute Gasteiger partial charge is 0.481 e. The molecule has 0 spiro atoms. The Morgan fingerprint density at radius 3 is 2.23 bits per heavy atom. The molecule has 0 heterocycles. The summed E-state index contributed by atoms with van der Waals surface area (Å²) in [6, 6.07) is 0. The molecule has 44 heavy (non-hydrogen) atoms. The van der Waals surface area contributed by atoms with Gasteiger partial charge in [0.15, 0.2) is 5.78 Å². The summed E-state index contributed by atoms with van der Waals surface area (Å²) in [6.07, 6.45) is 11.3. The second-order valence-corrected chi connectivity index (χ2v) is 17.7. The van der Waals surface area contributed by atoms with Crippen molar-refractivity contribution in [2.24, 2.45) is 56.2 Å². The van der Waals surface area contributed by atoms with Crippen LogP contribution in [0.15, 0.2) is 11.6 Å². The number of allylic oxidation sites excluding steroid dienone is 2.